The van der Waals surface area contributed by atoms with Crippen LogP contribution >= 0.6 is 0 Å². The zero-order valence-corrected chi connectivity index (χ0v) is 9.12. The Kier molecular flexibility index (Phi) is 2.77. The SMILES string of the molecule is CC(C)C(=O)N1CCC[C@@H]2CNC[C@@H]21. The molecule has 14 heavy (non-hydrogen) atoms. The second-order valence-corrected chi connectivity index (χ2v) is 4.81. The first kappa shape index (κ1) is 9.97. The highest BCUT2D eigenvalue weighted by atomic mass is 16.2. The first-order chi connectivity index (χ1) is 6.70. The highest BCUT2D eigenvalue weighted by Crippen LogP contribution is 2.27. The lowest BCUT2D eigenvalue weighted by Crippen LogP contribution is -2.49. The van der Waals surface area contributed by atoms with Crippen LogP contribution in [0.15, 0.2) is 0 Å². The van der Waals surface area contributed by atoms with Crippen molar-refractivity contribution in [3.05, 3.63) is 0 Å². The molecular weight excluding hydrogens is 176 g/mol. The minimum Gasteiger partial charge on any atom is -0.338 e. The topological polar surface area (TPSA) is 32.3 Å². The van der Waals surface area contributed by atoms with Crippen LogP contribution in [0.3, 0.4) is 0 Å². The Hall–Kier alpha value is -0.570. The van der Waals surface area contributed by atoms with Gasteiger partial charge in [-0.05, 0) is 18.8 Å². The molecule has 0 saturated carbocycles. The van der Waals surface area contributed by atoms with Crippen molar-refractivity contribution >= 4 is 5.91 Å². The van der Waals surface area contributed by atoms with Crippen molar-refractivity contribution in [1.29, 1.82) is 0 Å². The molecule has 2 aliphatic heterocycles. The standard InChI is InChI=1S/C11H20N2O/c1-8(2)11(14)13-5-3-4-9-6-12-7-10(9)13/h8-10,12H,3-7H2,1-2H3/t9-,10+/m1/s1. The van der Waals surface area contributed by atoms with E-state index in [1.807, 2.05) is 13.8 Å². The summed E-state index contributed by atoms with van der Waals surface area (Å²) < 4.78 is 0. The van der Waals surface area contributed by atoms with Gasteiger partial charge < -0.3 is 10.2 Å². The highest BCUT2D eigenvalue weighted by molar-refractivity contribution is 5.78. The zero-order chi connectivity index (χ0) is 10.1. The van der Waals surface area contributed by atoms with Crippen molar-refractivity contribution in [3.63, 3.8) is 0 Å². The van der Waals surface area contributed by atoms with Crippen molar-refractivity contribution in [2.75, 3.05) is 19.6 Å². The second kappa shape index (κ2) is 3.89. The van der Waals surface area contributed by atoms with Crippen LogP contribution in [0.1, 0.15) is 26.7 Å². The van der Waals surface area contributed by atoms with Gasteiger partial charge in [-0.2, -0.15) is 0 Å². The predicted octanol–water partition coefficient (Wildman–Crippen LogP) is 0.853. The Balaban J connectivity index is 2.06. The molecule has 0 bridgehead atoms. The zero-order valence-electron chi connectivity index (χ0n) is 9.12. The molecule has 0 aromatic carbocycles. The van der Waals surface area contributed by atoms with Crippen LogP contribution in [-0.2, 0) is 4.79 Å². The monoisotopic (exact) mass is 196 g/mol. The number of hydrogen-bond acceptors (Lipinski definition) is 2. The summed E-state index contributed by atoms with van der Waals surface area (Å²) >= 11 is 0. The van der Waals surface area contributed by atoms with Crippen LogP contribution in [-0.4, -0.2) is 36.5 Å². The summed E-state index contributed by atoms with van der Waals surface area (Å²) in [5.41, 5.74) is 0. The number of hydrogen-bond donors (Lipinski definition) is 1. The van der Waals surface area contributed by atoms with Gasteiger partial charge >= 0.3 is 0 Å². The van der Waals surface area contributed by atoms with E-state index in [4.69, 9.17) is 0 Å². The quantitative estimate of drug-likeness (QED) is 0.674. The second-order valence-electron chi connectivity index (χ2n) is 4.81. The first-order valence-electron chi connectivity index (χ1n) is 5.71. The third kappa shape index (κ3) is 1.65. The van der Waals surface area contributed by atoms with Crippen molar-refractivity contribution in [2.45, 2.75) is 32.7 Å². The molecule has 80 valence electrons. The molecule has 0 aromatic rings. The number of carbonyl (C=O) groups excluding carboxylic acids is 1. The number of carbonyl (C=O) groups is 1. The van der Waals surface area contributed by atoms with Gasteiger partial charge in [-0.1, -0.05) is 13.8 Å². The van der Waals surface area contributed by atoms with E-state index in [-0.39, 0.29) is 5.92 Å². The van der Waals surface area contributed by atoms with Gasteiger partial charge in [0.25, 0.3) is 0 Å². The fourth-order valence-corrected chi connectivity index (χ4v) is 2.67. The molecule has 2 heterocycles. The van der Waals surface area contributed by atoms with Gasteiger partial charge in [0.15, 0.2) is 0 Å². The van der Waals surface area contributed by atoms with E-state index < -0.39 is 0 Å². The van der Waals surface area contributed by atoms with Crippen molar-refractivity contribution in [3.8, 4) is 0 Å². The van der Waals surface area contributed by atoms with Gasteiger partial charge in [-0.25, -0.2) is 0 Å². The number of likely N-dealkylation sites (tertiary alicyclic amines) is 1. The van der Waals surface area contributed by atoms with Gasteiger partial charge in [-0.15, -0.1) is 0 Å². The fourth-order valence-electron chi connectivity index (χ4n) is 2.67. The van der Waals surface area contributed by atoms with E-state index >= 15 is 0 Å². The van der Waals surface area contributed by atoms with Gasteiger partial charge in [0.2, 0.25) is 5.91 Å². The number of rotatable bonds is 1. The summed E-state index contributed by atoms with van der Waals surface area (Å²) in [6.45, 7) is 7.07. The van der Waals surface area contributed by atoms with Crippen LogP contribution in [0.5, 0.6) is 0 Å². The van der Waals surface area contributed by atoms with E-state index in [1.165, 1.54) is 12.8 Å². The van der Waals surface area contributed by atoms with Crippen LogP contribution < -0.4 is 5.32 Å². The lowest BCUT2D eigenvalue weighted by atomic mass is 9.91. The van der Waals surface area contributed by atoms with E-state index in [1.54, 1.807) is 0 Å². The molecule has 0 radical (unpaired) electrons. The lowest BCUT2D eigenvalue weighted by Gasteiger charge is -2.38. The van der Waals surface area contributed by atoms with E-state index in [9.17, 15) is 4.79 Å². The molecule has 1 N–H and O–H groups in total. The molecule has 1 amide bonds. The van der Waals surface area contributed by atoms with Gasteiger partial charge in [-0.3, -0.25) is 4.79 Å². The van der Waals surface area contributed by atoms with E-state index in [0.717, 1.165) is 19.6 Å². The van der Waals surface area contributed by atoms with Crippen LogP contribution in [0.25, 0.3) is 0 Å². The Morgan fingerprint density at radius 3 is 2.93 bits per heavy atom. The predicted molar refractivity (Wildman–Crippen MR) is 55.9 cm³/mol. The molecule has 2 rings (SSSR count). The van der Waals surface area contributed by atoms with Crippen LogP contribution in [0.4, 0.5) is 0 Å². The Bertz CT molecular complexity index is 227. The number of nitrogens with zero attached hydrogens (tertiary/aromatic N) is 1. The molecule has 2 aliphatic rings. The third-order valence-corrected chi connectivity index (χ3v) is 3.46. The molecule has 3 nitrogen and oxygen atoms in total. The van der Waals surface area contributed by atoms with Crippen molar-refractivity contribution in [2.24, 2.45) is 11.8 Å². The van der Waals surface area contributed by atoms with E-state index in [0.29, 0.717) is 17.9 Å². The molecule has 0 unspecified atom stereocenters. The maximum Gasteiger partial charge on any atom is 0.225 e. The summed E-state index contributed by atoms with van der Waals surface area (Å²) in [6, 6.07) is 0.485. The third-order valence-electron chi connectivity index (χ3n) is 3.46. The maximum atomic E-state index is 11.9. The summed E-state index contributed by atoms with van der Waals surface area (Å²) in [5.74, 6) is 1.20. The molecule has 2 atom stereocenters. The smallest absolute Gasteiger partial charge is 0.225 e. The van der Waals surface area contributed by atoms with E-state index in [2.05, 4.69) is 10.2 Å². The summed E-state index contributed by atoms with van der Waals surface area (Å²) in [5, 5.41) is 3.39. The average Bonchev–Trinajstić information content (AvgIpc) is 2.63. The molecule has 2 fully saturated rings. The summed E-state index contributed by atoms with van der Waals surface area (Å²) in [6.07, 6.45) is 2.47. The number of amides is 1. The highest BCUT2D eigenvalue weighted by Gasteiger charge is 2.37. The first-order valence-corrected chi connectivity index (χ1v) is 5.71. The number of piperidine rings is 1. The van der Waals surface area contributed by atoms with Gasteiger partial charge in [0.1, 0.15) is 0 Å². The Morgan fingerprint density at radius 1 is 1.43 bits per heavy atom. The summed E-state index contributed by atoms with van der Waals surface area (Å²) in [7, 11) is 0. The molecule has 0 spiro atoms. The molecular formula is C11H20N2O. The largest absolute Gasteiger partial charge is 0.338 e. The molecule has 2 saturated heterocycles. The Morgan fingerprint density at radius 2 is 2.21 bits per heavy atom. The minimum atomic E-state index is 0.148. The number of nitrogens with one attached hydrogen (secondary N) is 1. The van der Waals surface area contributed by atoms with Crippen molar-refractivity contribution in [1.82, 2.24) is 10.2 Å². The maximum absolute atomic E-state index is 11.9. The summed E-state index contributed by atoms with van der Waals surface area (Å²) in [4.78, 5) is 14.0. The molecule has 0 aliphatic carbocycles. The molecule has 3 heteroatoms. The van der Waals surface area contributed by atoms with Gasteiger partial charge in [0.05, 0.1) is 0 Å². The molecule has 0 aromatic heterocycles. The van der Waals surface area contributed by atoms with Crippen LogP contribution in [0, 0.1) is 11.8 Å². The normalized spacial score (nSPS) is 32.1. The Labute approximate surface area is 85.8 Å². The van der Waals surface area contributed by atoms with Crippen LogP contribution in [0.2, 0.25) is 0 Å². The lowest BCUT2D eigenvalue weighted by molar-refractivity contribution is -0.138. The number of fused-ring (bicyclic) bond motifs is 1. The minimum absolute atomic E-state index is 0.148. The van der Waals surface area contributed by atoms with Crippen molar-refractivity contribution < 1.29 is 4.79 Å². The average molecular weight is 196 g/mol. The van der Waals surface area contributed by atoms with Gasteiger partial charge in [0, 0.05) is 31.6 Å². The fraction of sp³-hybridized carbons (Fsp3) is 0.909.